The summed E-state index contributed by atoms with van der Waals surface area (Å²) in [6, 6.07) is 14.1. The lowest BCUT2D eigenvalue weighted by Gasteiger charge is -2.29. The van der Waals surface area contributed by atoms with Gasteiger partial charge in [0, 0.05) is 13.1 Å². The monoisotopic (exact) mass is 400 g/mol. The Labute approximate surface area is 171 Å². The highest BCUT2D eigenvalue weighted by molar-refractivity contribution is 5.88. The Balaban J connectivity index is 2.22. The van der Waals surface area contributed by atoms with Crippen LogP contribution in [0.2, 0.25) is 0 Å². The number of carbonyl (C=O) groups excluding carboxylic acids is 2. The van der Waals surface area contributed by atoms with E-state index in [0.29, 0.717) is 18.0 Å². The highest BCUT2D eigenvalue weighted by Crippen LogP contribution is 2.28. The van der Waals surface area contributed by atoms with Crippen molar-refractivity contribution in [2.45, 2.75) is 25.9 Å². The smallest absolute Gasteiger partial charge is 0.242 e. The topological polar surface area (TPSA) is 88.1 Å². The number of aliphatic hydroxyl groups excluding tert-OH is 1. The average Bonchev–Trinajstić information content (AvgIpc) is 2.75. The van der Waals surface area contributed by atoms with Gasteiger partial charge < -0.3 is 24.8 Å². The molecule has 0 bridgehead atoms. The fraction of sp³-hybridized carbons (Fsp3) is 0.364. The molecule has 7 heteroatoms. The standard InChI is InChI=1S/C22H28N2O5/c1-16(22(27)23-11-12-25)24(15-17-7-5-4-6-8-17)21(26)14-18-9-10-19(28-2)20(13-18)29-3/h4-10,13,16,25H,11-12,14-15H2,1-3H3,(H,23,27)/t16-/m0/s1. The first kappa shape index (κ1) is 22.2. The van der Waals surface area contributed by atoms with Crippen molar-refractivity contribution in [2.75, 3.05) is 27.4 Å². The third kappa shape index (κ3) is 6.22. The molecule has 0 aromatic heterocycles. The van der Waals surface area contributed by atoms with Gasteiger partial charge in [-0.25, -0.2) is 0 Å². The number of ether oxygens (including phenoxy) is 2. The molecule has 0 aliphatic heterocycles. The molecule has 2 aromatic rings. The molecule has 2 aromatic carbocycles. The third-order valence-corrected chi connectivity index (χ3v) is 4.58. The zero-order chi connectivity index (χ0) is 21.2. The van der Waals surface area contributed by atoms with Gasteiger partial charge in [0.2, 0.25) is 11.8 Å². The molecule has 0 unspecified atom stereocenters. The molecule has 0 radical (unpaired) electrons. The number of hydrogen-bond acceptors (Lipinski definition) is 5. The van der Waals surface area contributed by atoms with Crippen LogP contribution in [0.15, 0.2) is 48.5 Å². The van der Waals surface area contributed by atoms with Crippen LogP contribution in [0.25, 0.3) is 0 Å². The van der Waals surface area contributed by atoms with Crippen LogP contribution < -0.4 is 14.8 Å². The van der Waals surface area contributed by atoms with E-state index in [1.807, 2.05) is 30.3 Å². The molecule has 0 saturated carbocycles. The summed E-state index contributed by atoms with van der Waals surface area (Å²) in [6.07, 6.45) is 0.116. The van der Waals surface area contributed by atoms with Crippen LogP contribution in [0.4, 0.5) is 0 Å². The van der Waals surface area contributed by atoms with Gasteiger partial charge in [0.05, 0.1) is 27.2 Å². The minimum atomic E-state index is -0.686. The first-order valence-electron chi connectivity index (χ1n) is 9.43. The number of benzene rings is 2. The molecule has 0 spiro atoms. The molecule has 1 atom stereocenters. The fourth-order valence-corrected chi connectivity index (χ4v) is 2.96. The molecule has 2 N–H and O–H groups in total. The molecular formula is C22H28N2O5. The van der Waals surface area contributed by atoms with Crippen molar-refractivity contribution in [1.29, 1.82) is 0 Å². The Morgan fingerprint density at radius 2 is 1.72 bits per heavy atom. The van der Waals surface area contributed by atoms with Gasteiger partial charge in [0.25, 0.3) is 0 Å². The van der Waals surface area contributed by atoms with Crippen LogP contribution in [0.1, 0.15) is 18.1 Å². The van der Waals surface area contributed by atoms with Crippen LogP contribution in [0.3, 0.4) is 0 Å². The third-order valence-electron chi connectivity index (χ3n) is 4.58. The summed E-state index contributed by atoms with van der Waals surface area (Å²) < 4.78 is 10.5. The minimum Gasteiger partial charge on any atom is -0.493 e. The lowest BCUT2D eigenvalue weighted by molar-refractivity contribution is -0.140. The first-order chi connectivity index (χ1) is 14.0. The van der Waals surface area contributed by atoms with Gasteiger partial charge >= 0.3 is 0 Å². The quantitative estimate of drug-likeness (QED) is 0.635. The molecule has 2 rings (SSSR count). The number of hydrogen-bond donors (Lipinski definition) is 2. The Morgan fingerprint density at radius 3 is 2.34 bits per heavy atom. The Bertz CT molecular complexity index is 810. The van der Waals surface area contributed by atoms with E-state index in [4.69, 9.17) is 14.6 Å². The molecule has 0 fully saturated rings. The summed E-state index contributed by atoms with van der Waals surface area (Å²) in [5.41, 5.74) is 1.68. The maximum atomic E-state index is 13.1. The van der Waals surface area contributed by atoms with Crippen LogP contribution in [0, 0.1) is 0 Å². The minimum absolute atomic E-state index is 0.116. The van der Waals surface area contributed by atoms with Gasteiger partial charge in [-0.15, -0.1) is 0 Å². The van der Waals surface area contributed by atoms with Crippen molar-refractivity contribution in [2.24, 2.45) is 0 Å². The lowest BCUT2D eigenvalue weighted by atomic mass is 10.1. The van der Waals surface area contributed by atoms with Crippen molar-refractivity contribution in [3.8, 4) is 11.5 Å². The molecule has 0 saturated heterocycles. The second-order valence-corrected chi connectivity index (χ2v) is 6.56. The summed E-state index contributed by atoms with van der Waals surface area (Å²) in [6.45, 7) is 1.98. The van der Waals surface area contributed by atoms with Crippen molar-refractivity contribution in [3.63, 3.8) is 0 Å². The van der Waals surface area contributed by atoms with E-state index >= 15 is 0 Å². The molecular weight excluding hydrogens is 372 g/mol. The van der Waals surface area contributed by atoms with Crippen LogP contribution in [-0.4, -0.2) is 55.2 Å². The number of amides is 2. The Morgan fingerprint density at radius 1 is 1.03 bits per heavy atom. The first-order valence-corrected chi connectivity index (χ1v) is 9.43. The van der Waals surface area contributed by atoms with Gasteiger partial charge in [0.15, 0.2) is 11.5 Å². The Hall–Kier alpha value is -3.06. The second kappa shape index (κ2) is 11.1. The van der Waals surface area contributed by atoms with Crippen molar-refractivity contribution in [1.82, 2.24) is 10.2 Å². The molecule has 0 heterocycles. The fourth-order valence-electron chi connectivity index (χ4n) is 2.96. The lowest BCUT2D eigenvalue weighted by Crippen LogP contribution is -2.48. The van der Waals surface area contributed by atoms with Crippen molar-refractivity contribution >= 4 is 11.8 Å². The highest BCUT2D eigenvalue weighted by atomic mass is 16.5. The molecule has 0 aliphatic rings. The van der Waals surface area contributed by atoms with Crippen LogP contribution in [0.5, 0.6) is 11.5 Å². The number of carbonyl (C=O) groups is 2. The number of nitrogens with zero attached hydrogens (tertiary/aromatic N) is 1. The average molecular weight is 400 g/mol. The maximum Gasteiger partial charge on any atom is 0.242 e. The largest absolute Gasteiger partial charge is 0.493 e. The van der Waals surface area contributed by atoms with Gasteiger partial charge in [-0.1, -0.05) is 36.4 Å². The summed E-state index contributed by atoms with van der Waals surface area (Å²) >= 11 is 0. The predicted octanol–water partition coefficient (Wildman–Crippen LogP) is 1.77. The Kier molecular flexibility index (Phi) is 8.48. The van der Waals surface area contributed by atoms with E-state index in [9.17, 15) is 9.59 Å². The zero-order valence-electron chi connectivity index (χ0n) is 17.1. The number of nitrogens with one attached hydrogen (secondary N) is 1. The zero-order valence-corrected chi connectivity index (χ0v) is 17.1. The SMILES string of the molecule is COc1ccc(CC(=O)N(Cc2ccccc2)[C@@H](C)C(=O)NCCO)cc1OC. The van der Waals surface area contributed by atoms with Gasteiger partial charge in [-0.05, 0) is 30.2 Å². The second-order valence-electron chi connectivity index (χ2n) is 6.56. The van der Waals surface area contributed by atoms with Gasteiger partial charge in [-0.2, -0.15) is 0 Å². The van der Waals surface area contributed by atoms with E-state index in [2.05, 4.69) is 5.32 Å². The molecule has 156 valence electrons. The number of rotatable bonds is 10. The molecule has 0 aliphatic carbocycles. The summed E-state index contributed by atoms with van der Waals surface area (Å²) in [5, 5.41) is 11.6. The summed E-state index contributed by atoms with van der Waals surface area (Å²) in [7, 11) is 3.09. The summed E-state index contributed by atoms with van der Waals surface area (Å²) in [4.78, 5) is 27.1. The maximum absolute atomic E-state index is 13.1. The summed E-state index contributed by atoms with van der Waals surface area (Å²) in [5.74, 6) is 0.631. The number of methoxy groups -OCH3 is 2. The predicted molar refractivity (Wildman–Crippen MR) is 110 cm³/mol. The van der Waals surface area contributed by atoms with E-state index < -0.39 is 6.04 Å². The molecule has 7 nitrogen and oxygen atoms in total. The van der Waals surface area contributed by atoms with E-state index in [-0.39, 0.29) is 31.4 Å². The number of aliphatic hydroxyl groups is 1. The van der Waals surface area contributed by atoms with Crippen molar-refractivity contribution in [3.05, 3.63) is 59.7 Å². The van der Waals surface area contributed by atoms with E-state index in [1.54, 1.807) is 44.2 Å². The van der Waals surface area contributed by atoms with Crippen LogP contribution in [-0.2, 0) is 22.6 Å². The van der Waals surface area contributed by atoms with Crippen molar-refractivity contribution < 1.29 is 24.2 Å². The normalized spacial score (nSPS) is 11.4. The molecule has 29 heavy (non-hydrogen) atoms. The van der Waals surface area contributed by atoms with Gasteiger partial charge in [-0.3, -0.25) is 9.59 Å². The highest BCUT2D eigenvalue weighted by Gasteiger charge is 2.26. The van der Waals surface area contributed by atoms with Gasteiger partial charge in [0.1, 0.15) is 6.04 Å². The van der Waals surface area contributed by atoms with E-state index in [1.165, 1.54) is 0 Å². The van der Waals surface area contributed by atoms with Crippen LogP contribution >= 0.6 is 0 Å². The molecule has 2 amide bonds. The van der Waals surface area contributed by atoms with E-state index in [0.717, 1.165) is 11.1 Å².